The topological polar surface area (TPSA) is 117 Å². The smallest absolute Gasteiger partial charge is 0.273 e. The quantitative estimate of drug-likeness (QED) is 0.538. The Morgan fingerprint density at radius 1 is 1.07 bits per heavy atom. The molecule has 0 radical (unpaired) electrons. The monoisotopic (exact) mass is 396 g/mol. The Morgan fingerprint density at radius 3 is 2.15 bits per heavy atom. The molecular formula is C17H20N2O7S. The number of rotatable bonds is 8. The van der Waals surface area contributed by atoms with Gasteiger partial charge in [0.05, 0.1) is 31.1 Å². The fourth-order valence-electron chi connectivity index (χ4n) is 2.59. The first-order valence-corrected chi connectivity index (χ1v) is 9.26. The van der Waals surface area contributed by atoms with Crippen LogP contribution in [-0.2, 0) is 16.6 Å². The number of benzene rings is 2. The van der Waals surface area contributed by atoms with Crippen molar-refractivity contribution in [3.8, 4) is 17.2 Å². The van der Waals surface area contributed by atoms with Crippen molar-refractivity contribution in [3.63, 3.8) is 0 Å². The number of nitro benzene ring substituents is 1. The number of nitrogens with zero attached hydrogens (tertiary/aromatic N) is 1. The number of hydrogen-bond donors (Lipinski definition) is 1. The minimum Gasteiger partial charge on any atom is -0.493 e. The number of methoxy groups -OCH3 is 3. The molecule has 0 aliphatic heterocycles. The van der Waals surface area contributed by atoms with Gasteiger partial charge < -0.3 is 14.2 Å². The predicted molar refractivity (Wildman–Crippen MR) is 98.0 cm³/mol. The van der Waals surface area contributed by atoms with Crippen molar-refractivity contribution >= 4 is 15.7 Å². The lowest BCUT2D eigenvalue weighted by Crippen LogP contribution is -2.24. The van der Waals surface area contributed by atoms with E-state index >= 15 is 0 Å². The average Bonchev–Trinajstić information content (AvgIpc) is 2.65. The second-order valence-corrected chi connectivity index (χ2v) is 7.25. The average molecular weight is 396 g/mol. The highest BCUT2D eigenvalue weighted by molar-refractivity contribution is 7.89. The molecule has 2 aromatic carbocycles. The van der Waals surface area contributed by atoms with Gasteiger partial charge >= 0.3 is 0 Å². The molecule has 0 saturated heterocycles. The highest BCUT2D eigenvalue weighted by Crippen LogP contribution is 2.38. The molecule has 0 atom stereocenters. The molecule has 2 rings (SSSR count). The lowest BCUT2D eigenvalue weighted by Gasteiger charge is -2.15. The molecule has 0 spiro atoms. The fourth-order valence-corrected chi connectivity index (χ4v) is 3.86. The fraction of sp³-hybridized carbons (Fsp3) is 0.294. The van der Waals surface area contributed by atoms with Crippen LogP contribution < -0.4 is 18.9 Å². The van der Waals surface area contributed by atoms with E-state index in [2.05, 4.69) is 4.72 Å². The van der Waals surface area contributed by atoms with Crippen LogP contribution in [0, 0.1) is 17.0 Å². The second-order valence-electron chi connectivity index (χ2n) is 5.52. The number of hydrogen-bond acceptors (Lipinski definition) is 7. The van der Waals surface area contributed by atoms with Crippen LogP contribution in [0.3, 0.4) is 0 Å². The summed E-state index contributed by atoms with van der Waals surface area (Å²) in [5.74, 6) is 1.16. The van der Waals surface area contributed by atoms with Crippen LogP contribution in [0.5, 0.6) is 17.2 Å². The summed E-state index contributed by atoms with van der Waals surface area (Å²) in [4.78, 5) is 10.3. The van der Waals surface area contributed by atoms with Crippen molar-refractivity contribution in [1.82, 2.24) is 4.72 Å². The zero-order valence-corrected chi connectivity index (χ0v) is 16.1. The van der Waals surface area contributed by atoms with E-state index in [1.54, 1.807) is 12.1 Å². The standard InChI is InChI=1S/C17H20N2O7S/c1-11-13(19(20)21)6-5-7-16(11)27(22,23)18-10-12-8-14(24-2)17(26-4)15(9-12)25-3/h5-9,18H,10H2,1-4H3. The van der Waals surface area contributed by atoms with Crippen LogP contribution in [0.25, 0.3) is 0 Å². The van der Waals surface area contributed by atoms with E-state index in [9.17, 15) is 18.5 Å². The van der Waals surface area contributed by atoms with Crippen LogP contribution in [0.4, 0.5) is 5.69 Å². The number of ether oxygens (including phenoxy) is 3. The van der Waals surface area contributed by atoms with Crippen LogP contribution in [-0.4, -0.2) is 34.7 Å². The van der Waals surface area contributed by atoms with Gasteiger partial charge in [-0.3, -0.25) is 10.1 Å². The zero-order chi connectivity index (χ0) is 20.2. The SMILES string of the molecule is COc1cc(CNS(=O)(=O)c2cccc([N+](=O)[O-])c2C)cc(OC)c1OC. The van der Waals surface area contributed by atoms with Gasteiger partial charge in [-0.25, -0.2) is 13.1 Å². The summed E-state index contributed by atoms with van der Waals surface area (Å²) in [7, 11) is 0.411. The van der Waals surface area contributed by atoms with Crippen molar-refractivity contribution in [2.45, 2.75) is 18.4 Å². The molecule has 0 bridgehead atoms. The van der Waals surface area contributed by atoms with Gasteiger partial charge in [-0.15, -0.1) is 0 Å². The van der Waals surface area contributed by atoms with Gasteiger partial charge in [-0.1, -0.05) is 6.07 Å². The first kappa shape index (κ1) is 20.5. The zero-order valence-electron chi connectivity index (χ0n) is 15.3. The number of nitrogens with one attached hydrogen (secondary N) is 1. The van der Waals surface area contributed by atoms with E-state index in [0.717, 1.165) is 0 Å². The summed E-state index contributed by atoms with van der Waals surface area (Å²) in [6.45, 7) is 1.33. The van der Waals surface area contributed by atoms with E-state index in [4.69, 9.17) is 14.2 Å². The van der Waals surface area contributed by atoms with E-state index in [1.807, 2.05) is 0 Å². The van der Waals surface area contributed by atoms with Crippen molar-refractivity contribution in [3.05, 3.63) is 51.6 Å². The molecule has 0 saturated carbocycles. The van der Waals surface area contributed by atoms with Gasteiger partial charge in [-0.2, -0.15) is 0 Å². The molecule has 1 N–H and O–H groups in total. The highest BCUT2D eigenvalue weighted by Gasteiger charge is 2.23. The van der Waals surface area contributed by atoms with E-state index in [-0.39, 0.29) is 22.7 Å². The molecule has 0 aromatic heterocycles. The van der Waals surface area contributed by atoms with Crippen LogP contribution in [0.2, 0.25) is 0 Å². The minimum atomic E-state index is -3.97. The van der Waals surface area contributed by atoms with Crippen LogP contribution in [0.1, 0.15) is 11.1 Å². The maximum absolute atomic E-state index is 12.6. The molecule has 9 nitrogen and oxygen atoms in total. The summed E-state index contributed by atoms with van der Waals surface area (Å²) in [5.41, 5.74) is 0.377. The first-order chi connectivity index (χ1) is 12.7. The van der Waals surface area contributed by atoms with Gasteiger partial charge in [-0.05, 0) is 30.7 Å². The number of nitro groups is 1. The largest absolute Gasteiger partial charge is 0.493 e. The molecule has 27 heavy (non-hydrogen) atoms. The predicted octanol–water partition coefficient (Wildman–Crippen LogP) is 2.41. The third-order valence-corrected chi connectivity index (χ3v) is 5.48. The molecule has 146 valence electrons. The highest BCUT2D eigenvalue weighted by atomic mass is 32.2. The Hall–Kier alpha value is -2.85. The van der Waals surface area contributed by atoms with Gasteiger partial charge in [0.1, 0.15) is 0 Å². The van der Waals surface area contributed by atoms with Gasteiger partial charge in [0.15, 0.2) is 11.5 Å². The molecule has 0 heterocycles. The first-order valence-electron chi connectivity index (χ1n) is 7.77. The summed E-state index contributed by atoms with van der Waals surface area (Å²) >= 11 is 0. The minimum absolute atomic E-state index is 0.0683. The molecule has 0 aliphatic carbocycles. The van der Waals surface area contributed by atoms with Gasteiger partial charge in [0, 0.05) is 18.2 Å². The summed E-state index contributed by atoms with van der Waals surface area (Å²) in [6, 6.07) is 7.14. The Bertz CT molecular complexity index is 933. The maximum atomic E-state index is 12.6. The Labute approximate surface area is 157 Å². The van der Waals surface area contributed by atoms with E-state index in [0.29, 0.717) is 22.8 Å². The third-order valence-electron chi connectivity index (χ3n) is 3.93. The van der Waals surface area contributed by atoms with Crippen molar-refractivity contribution < 1.29 is 27.6 Å². The van der Waals surface area contributed by atoms with Crippen molar-refractivity contribution in [2.75, 3.05) is 21.3 Å². The summed E-state index contributed by atoms with van der Waals surface area (Å²) in [5, 5.41) is 11.0. The van der Waals surface area contributed by atoms with Gasteiger partial charge in [0.2, 0.25) is 15.8 Å². The summed E-state index contributed by atoms with van der Waals surface area (Å²) < 4.78 is 43.4. The molecule has 2 aromatic rings. The molecule has 0 amide bonds. The Kier molecular flexibility index (Phi) is 6.24. The molecular weight excluding hydrogens is 376 g/mol. The van der Waals surface area contributed by atoms with Crippen molar-refractivity contribution in [2.24, 2.45) is 0 Å². The maximum Gasteiger partial charge on any atom is 0.273 e. The molecule has 0 fully saturated rings. The van der Waals surface area contributed by atoms with E-state index < -0.39 is 14.9 Å². The van der Waals surface area contributed by atoms with Gasteiger partial charge in [0.25, 0.3) is 5.69 Å². The molecule has 0 unspecified atom stereocenters. The van der Waals surface area contributed by atoms with Crippen LogP contribution in [0.15, 0.2) is 35.2 Å². The molecule has 0 aliphatic rings. The van der Waals surface area contributed by atoms with E-state index in [1.165, 1.54) is 46.5 Å². The third kappa shape index (κ3) is 4.29. The lowest BCUT2D eigenvalue weighted by molar-refractivity contribution is -0.385. The van der Waals surface area contributed by atoms with Crippen molar-refractivity contribution in [1.29, 1.82) is 0 Å². The lowest BCUT2D eigenvalue weighted by atomic mass is 10.2. The molecule has 10 heteroatoms. The summed E-state index contributed by atoms with van der Waals surface area (Å²) in [6.07, 6.45) is 0. The van der Waals surface area contributed by atoms with Crippen LogP contribution >= 0.6 is 0 Å². The second kappa shape index (κ2) is 8.23. The Balaban J connectivity index is 2.33. The normalized spacial score (nSPS) is 11.1. The number of sulfonamides is 1. The Morgan fingerprint density at radius 2 is 1.67 bits per heavy atom.